The van der Waals surface area contributed by atoms with E-state index in [1.807, 2.05) is 0 Å². The molecule has 0 saturated heterocycles. The summed E-state index contributed by atoms with van der Waals surface area (Å²) in [5, 5.41) is 2.63. The lowest BCUT2D eigenvalue weighted by molar-refractivity contribution is 0.0820. The number of hydrogen-bond donors (Lipinski definition) is 2. The molecule has 1 amide bonds. The van der Waals surface area contributed by atoms with Gasteiger partial charge in [-0.25, -0.2) is 8.78 Å². The Hall–Kier alpha value is -1.69. The fourth-order valence-corrected chi connectivity index (χ4v) is 1.53. The van der Waals surface area contributed by atoms with Gasteiger partial charge in [0.25, 0.3) is 5.91 Å². The van der Waals surface area contributed by atoms with E-state index in [1.165, 1.54) is 7.11 Å². The molecular weight excluding hydrogens is 242 g/mol. The van der Waals surface area contributed by atoms with Gasteiger partial charge in [0.2, 0.25) is 0 Å². The number of nitrogens with two attached hydrogens (primary N) is 1. The zero-order valence-corrected chi connectivity index (χ0v) is 10.5. The highest BCUT2D eigenvalue weighted by Gasteiger charge is 2.23. The van der Waals surface area contributed by atoms with Gasteiger partial charge in [-0.15, -0.1) is 0 Å². The highest BCUT2D eigenvalue weighted by molar-refractivity contribution is 5.99. The van der Waals surface area contributed by atoms with Crippen LogP contribution in [0.3, 0.4) is 0 Å². The molecule has 3 N–H and O–H groups in total. The maximum atomic E-state index is 13.1. The molecule has 1 rings (SSSR count). The summed E-state index contributed by atoms with van der Waals surface area (Å²) in [6.45, 7) is 3.76. The first-order valence-electron chi connectivity index (χ1n) is 5.33. The first-order valence-corrected chi connectivity index (χ1v) is 5.33. The third kappa shape index (κ3) is 3.40. The van der Waals surface area contributed by atoms with Crippen LogP contribution in [0.2, 0.25) is 0 Å². The summed E-state index contributed by atoms with van der Waals surface area (Å²) < 4.78 is 30.9. The fourth-order valence-electron chi connectivity index (χ4n) is 1.53. The number of carbonyl (C=O) groups excluding carboxylic acids is 1. The van der Waals surface area contributed by atoms with Crippen LogP contribution in [0.4, 0.5) is 14.5 Å². The minimum Gasteiger partial charge on any atom is -0.398 e. The van der Waals surface area contributed by atoms with Crippen molar-refractivity contribution in [3.05, 3.63) is 29.3 Å². The molecule has 0 unspecified atom stereocenters. The average Bonchev–Trinajstić information content (AvgIpc) is 2.22. The predicted molar refractivity (Wildman–Crippen MR) is 64.2 cm³/mol. The molecule has 1 aromatic rings. The molecule has 0 bridgehead atoms. The summed E-state index contributed by atoms with van der Waals surface area (Å²) in [5.74, 6) is -2.77. The van der Waals surface area contributed by atoms with E-state index in [0.29, 0.717) is 0 Å². The predicted octanol–water partition coefficient (Wildman–Crippen LogP) is 1.70. The molecular formula is C12H16F2N2O2. The Bertz CT molecular complexity index is 462. The Labute approximate surface area is 104 Å². The van der Waals surface area contributed by atoms with Crippen LogP contribution in [0, 0.1) is 11.6 Å². The molecule has 0 fully saturated rings. The number of ether oxygens (including phenoxy) is 1. The van der Waals surface area contributed by atoms with Crippen LogP contribution in [0.15, 0.2) is 12.1 Å². The Morgan fingerprint density at radius 2 is 1.94 bits per heavy atom. The van der Waals surface area contributed by atoms with Crippen LogP contribution in [-0.2, 0) is 4.74 Å². The number of hydrogen-bond acceptors (Lipinski definition) is 3. The summed E-state index contributed by atoms with van der Waals surface area (Å²) in [7, 11) is 1.50. The van der Waals surface area contributed by atoms with Gasteiger partial charge in [-0.1, -0.05) is 0 Å². The van der Waals surface area contributed by atoms with Crippen molar-refractivity contribution in [2.45, 2.75) is 19.4 Å². The third-order valence-electron chi connectivity index (χ3n) is 2.29. The number of nitrogens with one attached hydrogen (secondary N) is 1. The number of rotatable bonds is 4. The topological polar surface area (TPSA) is 64.3 Å². The normalized spacial score (nSPS) is 11.4. The van der Waals surface area contributed by atoms with Crippen LogP contribution in [0.5, 0.6) is 0 Å². The van der Waals surface area contributed by atoms with E-state index in [4.69, 9.17) is 10.5 Å². The van der Waals surface area contributed by atoms with Crippen LogP contribution in [0.1, 0.15) is 24.2 Å². The number of benzene rings is 1. The van der Waals surface area contributed by atoms with Gasteiger partial charge in [-0.05, 0) is 19.9 Å². The van der Waals surface area contributed by atoms with Crippen molar-refractivity contribution in [1.82, 2.24) is 5.32 Å². The van der Waals surface area contributed by atoms with Crippen molar-refractivity contribution in [3.63, 3.8) is 0 Å². The highest BCUT2D eigenvalue weighted by atomic mass is 19.2. The second-order valence-electron chi connectivity index (χ2n) is 4.62. The Morgan fingerprint density at radius 1 is 1.39 bits per heavy atom. The lowest BCUT2D eigenvalue weighted by atomic mass is 10.1. The third-order valence-corrected chi connectivity index (χ3v) is 2.29. The van der Waals surface area contributed by atoms with Gasteiger partial charge in [0, 0.05) is 18.9 Å². The van der Waals surface area contributed by atoms with Crippen molar-refractivity contribution >= 4 is 11.6 Å². The first kappa shape index (κ1) is 14.4. The summed E-state index contributed by atoms with van der Waals surface area (Å²) in [6.07, 6.45) is 0. The van der Waals surface area contributed by atoms with Gasteiger partial charge in [0.05, 0.1) is 17.7 Å². The average molecular weight is 258 g/mol. The van der Waals surface area contributed by atoms with Crippen LogP contribution in [-0.4, -0.2) is 25.2 Å². The van der Waals surface area contributed by atoms with Gasteiger partial charge < -0.3 is 15.8 Å². The van der Waals surface area contributed by atoms with Crippen LogP contribution < -0.4 is 11.1 Å². The van der Waals surface area contributed by atoms with Gasteiger partial charge in [-0.2, -0.15) is 0 Å². The minimum atomic E-state index is -1.11. The van der Waals surface area contributed by atoms with Crippen LogP contribution >= 0.6 is 0 Å². The minimum absolute atomic E-state index is 0.0990. The molecule has 0 aliphatic carbocycles. The maximum absolute atomic E-state index is 13.1. The van der Waals surface area contributed by atoms with Gasteiger partial charge in [0.1, 0.15) is 0 Å². The molecule has 0 saturated carbocycles. The van der Waals surface area contributed by atoms with E-state index in [9.17, 15) is 13.6 Å². The molecule has 0 aromatic heterocycles. The van der Waals surface area contributed by atoms with E-state index < -0.39 is 23.1 Å². The maximum Gasteiger partial charge on any atom is 0.253 e. The van der Waals surface area contributed by atoms with Crippen molar-refractivity contribution < 1.29 is 18.3 Å². The van der Waals surface area contributed by atoms with E-state index in [2.05, 4.69) is 5.32 Å². The summed E-state index contributed by atoms with van der Waals surface area (Å²) in [4.78, 5) is 11.9. The van der Waals surface area contributed by atoms with Crippen molar-refractivity contribution in [3.8, 4) is 0 Å². The molecule has 0 atom stereocenters. The zero-order chi connectivity index (χ0) is 13.9. The monoisotopic (exact) mass is 258 g/mol. The quantitative estimate of drug-likeness (QED) is 0.808. The SMILES string of the molecule is COCC(C)(C)NC(=O)c1cc(F)c(F)cc1N. The molecule has 100 valence electrons. The molecule has 0 aliphatic rings. The number of methoxy groups -OCH3 is 1. The number of nitrogen functional groups attached to an aromatic ring is 1. The van der Waals surface area contributed by atoms with Gasteiger partial charge >= 0.3 is 0 Å². The summed E-state index contributed by atoms with van der Waals surface area (Å²) >= 11 is 0. The molecule has 0 heterocycles. The molecule has 0 aliphatic heterocycles. The number of anilines is 1. The number of amides is 1. The molecule has 0 spiro atoms. The second-order valence-corrected chi connectivity index (χ2v) is 4.62. The van der Waals surface area contributed by atoms with E-state index in [-0.39, 0.29) is 17.9 Å². The number of halogens is 2. The zero-order valence-electron chi connectivity index (χ0n) is 10.5. The Balaban J connectivity index is 2.95. The Kier molecular flexibility index (Phi) is 4.24. The largest absolute Gasteiger partial charge is 0.398 e. The summed E-state index contributed by atoms with van der Waals surface area (Å²) in [5.41, 5.74) is 4.64. The molecule has 4 nitrogen and oxygen atoms in total. The van der Waals surface area contributed by atoms with E-state index in [1.54, 1.807) is 13.8 Å². The lowest BCUT2D eigenvalue weighted by Crippen LogP contribution is -2.47. The van der Waals surface area contributed by atoms with Crippen LogP contribution in [0.25, 0.3) is 0 Å². The van der Waals surface area contributed by atoms with Crippen molar-refractivity contribution in [2.24, 2.45) is 0 Å². The van der Waals surface area contributed by atoms with Crippen molar-refractivity contribution in [1.29, 1.82) is 0 Å². The first-order chi connectivity index (χ1) is 8.26. The van der Waals surface area contributed by atoms with E-state index >= 15 is 0 Å². The highest BCUT2D eigenvalue weighted by Crippen LogP contribution is 2.18. The van der Waals surface area contributed by atoms with Gasteiger partial charge in [-0.3, -0.25) is 4.79 Å². The van der Waals surface area contributed by atoms with Gasteiger partial charge in [0.15, 0.2) is 11.6 Å². The molecule has 6 heteroatoms. The fraction of sp³-hybridized carbons (Fsp3) is 0.417. The molecule has 18 heavy (non-hydrogen) atoms. The number of carbonyl (C=O) groups is 1. The smallest absolute Gasteiger partial charge is 0.253 e. The molecule has 1 aromatic carbocycles. The Morgan fingerprint density at radius 3 is 2.50 bits per heavy atom. The standard InChI is InChI=1S/C12H16F2N2O2/c1-12(2,6-18-3)16-11(17)7-4-8(13)9(14)5-10(7)15/h4-5H,6,15H2,1-3H3,(H,16,17). The van der Waals surface area contributed by atoms with E-state index in [0.717, 1.165) is 12.1 Å². The van der Waals surface area contributed by atoms with Crippen molar-refractivity contribution in [2.75, 3.05) is 19.5 Å². The lowest BCUT2D eigenvalue weighted by Gasteiger charge is -2.25. The molecule has 0 radical (unpaired) electrons. The second kappa shape index (κ2) is 5.30. The summed E-state index contributed by atoms with van der Waals surface area (Å²) in [6, 6.07) is 1.57.